The molecular formula is C21H24N2O5S. The predicted octanol–water partition coefficient (Wildman–Crippen LogP) is 2.96. The molecule has 1 N–H and O–H groups in total. The quantitative estimate of drug-likeness (QED) is 0.731. The van der Waals surface area contributed by atoms with Crippen LogP contribution in [0.1, 0.15) is 35.7 Å². The SMILES string of the molecule is Cc1ccccc1NC(=O)[C@@H](C)OC(=O)c1ccc(S(=O)(=O)N2CCCC2)cc1. The van der Waals surface area contributed by atoms with E-state index in [9.17, 15) is 18.0 Å². The number of aryl methyl sites for hydroxylation is 1. The van der Waals surface area contributed by atoms with E-state index in [4.69, 9.17) is 4.74 Å². The molecular weight excluding hydrogens is 392 g/mol. The van der Waals surface area contributed by atoms with Crippen LogP contribution in [0.25, 0.3) is 0 Å². The zero-order chi connectivity index (χ0) is 21.0. The number of sulfonamides is 1. The van der Waals surface area contributed by atoms with E-state index in [0.29, 0.717) is 18.8 Å². The molecule has 2 aromatic rings. The third-order valence-electron chi connectivity index (χ3n) is 4.85. The van der Waals surface area contributed by atoms with Crippen molar-refractivity contribution < 1.29 is 22.7 Å². The number of hydrogen-bond acceptors (Lipinski definition) is 5. The average molecular weight is 416 g/mol. The monoisotopic (exact) mass is 416 g/mol. The Labute approximate surface area is 170 Å². The normalized spacial score (nSPS) is 15.7. The summed E-state index contributed by atoms with van der Waals surface area (Å²) in [6, 6.07) is 12.9. The smallest absolute Gasteiger partial charge is 0.338 e. The highest BCUT2D eigenvalue weighted by Crippen LogP contribution is 2.21. The number of ether oxygens (including phenoxy) is 1. The molecule has 1 atom stereocenters. The molecule has 154 valence electrons. The maximum atomic E-state index is 12.5. The third-order valence-corrected chi connectivity index (χ3v) is 6.76. The molecule has 0 aliphatic carbocycles. The predicted molar refractivity (Wildman–Crippen MR) is 109 cm³/mol. The first-order chi connectivity index (χ1) is 13.8. The van der Waals surface area contributed by atoms with E-state index in [2.05, 4.69) is 5.32 Å². The molecule has 3 rings (SSSR count). The summed E-state index contributed by atoms with van der Waals surface area (Å²) in [7, 11) is -3.54. The maximum absolute atomic E-state index is 12.5. The van der Waals surface area contributed by atoms with E-state index in [1.165, 1.54) is 35.5 Å². The number of carbonyl (C=O) groups is 2. The highest BCUT2D eigenvalue weighted by Gasteiger charge is 2.27. The lowest BCUT2D eigenvalue weighted by atomic mass is 10.2. The van der Waals surface area contributed by atoms with Crippen LogP contribution in [0.2, 0.25) is 0 Å². The Morgan fingerprint density at radius 1 is 1.03 bits per heavy atom. The number of esters is 1. The minimum absolute atomic E-state index is 0.140. The lowest BCUT2D eigenvalue weighted by Gasteiger charge is -2.16. The van der Waals surface area contributed by atoms with Crippen LogP contribution in [0.4, 0.5) is 5.69 Å². The van der Waals surface area contributed by atoms with Gasteiger partial charge in [0.05, 0.1) is 10.5 Å². The molecule has 8 heteroatoms. The summed E-state index contributed by atoms with van der Waals surface area (Å²) >= 11 is 0. The maximum Gasteiger partial charge on any atom is 0.338 e. The standard InChI is InChI=1S/C21H24N2O5S/c1-15-7-3-4-8-19(15)22-20(24)16(2)28-21(25)17-9-11-18(12-10-17)29(26,27)23-13-5-6-14-23/h3-4,7-12,16H,5-6,13-14H2,1-2H3,(H,22,24)/t16-/m1/s1. The van der Waals surface area contributed by atoms with Crippen LogP contribution >= 0.6 is 0 Å². The van der Waals surface area contributed by atoms with E-state index >= 15 is 0 Å². The number of amides is 1. The average Bonchev–Trinajstić information content (AvgIpc) is 3.25. The van der Waals surface area contributed by atoms with Crippen molar-refractivity contribution in [3.05, 3.63) is 59.7 Å². The van der Waals surface area contributed by atoms with Gasteiger partial charge in [0.2, 0.25) is 10.0 Å². The van der Waals surface area contributed by atoms with Gasteiger partial charge < -0.3 is 10.1 Å². The van der Waals surface area contributed by atoms with Crippen molar-refractivity contribution in [3.8, 4) is 0 Å². The van der Waals surface area contributed by atoms with Crippen LogP contribution in [0.15, 0.2) is 53.4 Å². The summed E-state index contributed by atoms with van der Waals surface area (Å²) < 4.78 is 31.7. The number of nitrogens with zero attached hydrogens (tertiary/aromatic N) is 1. The highest BCUT2D eigenvalue weighted by atomic mass is 32.2. The van der Waals surface area contributed by atoms with Gasteiger partial charge in [-0.3, -0.25) is 4.79 Å². The van der Waals surface area contributed by atoms with Gasteiger partial charge in [0.1, 0.15) is 0 Å². The minimum atomic E-state index is -3.54. The van der Waals surface area contributed by atoms with Crippen molar-refractivity contribution in [2.75, 3.05) is 18.4 Å². The molecule has 1 saturated heterocycles. The van der Waals surface area contributed by atoms with Crippen LogP contribution in [0.3, 0.4) is 0 Å². The molecule has 0 bridgehead atoms. The molecule has 2 aromatic carbocycles. The van der Waals surface area contributed by atoms with Gasteiger partial charge in [0, 0.05) is 18.8 Å². The number of rotatable bonds is 6. The van der Waals surface area contributed by atoms with Crippen LogP contribution < -0.4 is 5.32 Å². The van der Waals surface area contributed by atoms with Gasteiger partial charge in [-0.1, -0.05) is 18.2 Å². The summed E-state index contributed by atoms with van der Waals surface area (Å²) in [5, 5.41) is 2.73. The molecule has 1 aliphatic rings. The molecule has 1 amide bonds. The Morgan fingerprint density at radius 2 is 1.66 bits per heavy atom. The number of hydrogen-bond donors (Lipinski definition) is 1. The van der Waals surface area contributed by atoms with Crippen molar-refractivity contribution in [1.82, 2.24) is 4.31 Å². The summed E-state index contributed by atoms with van der Waals surface area (Å²) in [6.45, 7) is 4.38. The van der Waals surface area contributed by atoms with Gasteiger partial charge >= 0.3 is 5.97 Å². The van der Waals surface area contributed by atoms with Crippen LogP contribution in [0, 0.1) is 6.92 Å². The molecule has 0 unspecified atom stereocenters. The molecule has 1 fully saturated rings. The second kappa shape index (κ2) is 8.75. The Hall–Kier alpha value is -2.71. The van der Waals surface area contributed by atoms with Crippen LogP contribution in [0.5, 0.6) is 0 Å². The van der Waals surface area contributed by atoms with Crippen LogP contribution in [-0.2, 0) is 19.6 Å². The summed E-state index contributed by atoms with van der Waals surface area (Å²) in [5.74, 6) is -1.14. The molecule has 0 aromatic heterocycles. The highest BCUT2D eigenvalue weighted by molar-refractivity contribution is 7.89. The van der Waals surface area contributed by atoms with Crippen molar-refractivity contribution in [3.63, 3.8) is 0 Å². The van der Waals surface area contributed by atoms with Crippen molar-refractivity contribution in [2.24, 2.45) is 0 Å². The van der Waals surface area contributed by atoms with Gasteiger partial charge in [0.15, 0.2) is 6.10 Å². The van der Waals surface area contributed by atoms with E-state index < -0.39 is 28.0 Å². The Kier molecular flexibility index (Phi) is 6.34. The van der Waals surface area contributed by atoms with Crippen LogP contribution in [-0.4, -0.2) is 43.8 Å². The van der Waals surface area contributed by atoms with E-state index in [-0.39, 0.29) is 10.5 Å². The minimum Gasteiger partial charge on any atom is -0.449 e. The molecule has 0 saturated carbocycles. The van der Waals surface area contributed by atoms with E-state index in [1.54, 1.807) is 12.1 Å². The molecule has 0 radical (unpaired) electrons. The molecule has 7 nitrogen and oxygen atoms in total. The van der Waals surface area contributed by atoms with Gasteiger partial charge in [-0.15, -0.1) is 0 Å². The van der Waals surface area contributed by atoms with Gasteiger partial charge in [-0.05, 0) is 62.6 Å². The zero-order valence-corrected chi connectivity index (χ0v) is 17.2. The van der Waals surface area contributed by atoms with Crippen molar-refractivity contribution in [2.45, 2.75) is 37.7 Å². The Bertz CT molecular complexity index is 996. The molecule has 1 heterocycles. The summed E-state index contributed by atoms with van der Waals surface area (Å²) in [4.78, 5) is 24.8. The lowest BCUT2D eigenvalue weighted by Crippen LogP contribution is -2.30. The van der Waals surface area contributed by atoms with Gasteiger partial charge in [0.25, 0.3) is 5.91 Å². The summed E-state index contributed by atoms with van der Waals surface area (Å²) in [5.41, 5.74) is 1.73. The van der Waals surface area contributed by atoms with E-state index in [0.717, 1.165) is 18.4 Å². The lowest BCUT2D eigenvalue weighted by molar-refractivity contribution is -0.123. The molecule has 0 spiro atoms. The van der Waals surface area contributed by atoms with Crippen molar-refractivity contribution >= 4 is 27.6 Å². The molecule has 29 heavy (non-hydrogen) atoms. The fraction of sp³-hybridized carbons (Fsp3) is 0.333. The second-order valence-corrected chi connectivity index (χ2v) is 8.93. The second-order valence-electron chi connectivity index (χ2n) is 6.99. The first-order valence-electron chi connectivity index (χ1n) is 9.47. The first-order valence-corrected chi connectivity index (χ1v) is 10.9. The number of para-hydroxylation sites is 1. The Balaban J connectivity index is 1.63. The fourth-order valence-electron chi connectivity index (χ4n) is 3.07. The topological polar surface area (TPSA) is 92.8 Å². The first kappa shape index (κ1) is 21.0. The number of benzene rings is 2. The van der Waals surface area contributed by atoms with Crippen molar-refractivity contribution in [1.29, 1.82) is 0 Å². The number of nitrogens with one attached hydrogen (secondary N) is 1. The largest absolute Gasteiger partial charge is 0.449 e. The summed E-state index contributed by atoms with van der Waals surface area (Å²) in [6.07, 6.45) is 0.702. The third kappa shape index (κ3) is 4.83. The molecule has 1 aliphatic heterocycles. The fourth-order valence-corrected chi connectivity index (χ4v) is 4.59. The van der Waals surface area contributed by atoms with Gasteiger partial charge in [-0.2, -0.15) is 4.31 Å². The van der Waals surface area contributed by atoms with E-state index in [1.807, 2.05) is 19.1 Å². The zero-order valence-electron chi connectivity index (χ0n) is 16.4. The number of anilines is 1. The number of carbonyl (C=O) groups excluding carboxylic acids is 2. The van der Waals surface area contributed by atoms with Gasteiger partial charge in [-0.25, -0.2) is 13.2 Å². The Morgan fingerprint density at radius 3 is 2.28 bits per heavy atom.